The lowest BCUT2D eigenvalue weighted by atomic mass is 9.84. The highest BCUT2D eigenvalue weighted by Crippen LogP contribution is 2.36. The van der Waals surface area contributed by atoms with Crippen molar-refractivity contribution in [1.82, 2.24) is 0 Å². The van der Waals surface area contributed by atoms with Crippen LogP contribution in [0.15, 0.2) is 57.7 Å². The van der Waals surface area contributed by atoms with E-state index in [1.807, 2.05) is 48.5 Å². The van der Waals surface area contributed by atoms with Crippen molar-refractivity contribution in [3.8, 4) is 11.1 Å². The van der Waals surface area contributed by atoms with E-state index in [4.69, 9.17) is 4.42 Å². The summed E-state index contributed by atoms with van der Waals surface area (Å²) in [5.41, 5.74) is 2.35. The largest absolute Gasteiger partial charge is 0.422 e. The summed E-state index contributed by atoms with van der Waals surface area (Å²) in [6.07, 6.45) is 0. The van der Waals surface area contributed by atoms with Crippen molar-refractivity contribution < 1.29 is 9.21 Å². The summed E-state index contributed by atoms with van der Waals surface area (Å²) in [4.78, 5) is 24.7. The Balaban J connectivity index is 2.54. The zero-order chi connectivity index (χ0) is 17.5. The van der Waals surface area contributed by atoms with Gasteiger partial charge in [-0.05, 0) is 17.9 Å². The number of ketones is 1. The molecule has 0 aliphatic rings. The Morgan fingerprint density at radius 2 is 1.62 bits per heavy atom. The van der Waals surface area contributed by atoms with Crippen LogP contribution in [0, 0.1) is 0 Å². The van der Waals surface area contributed by atoms with Gasteiger partial charge in [0.15, 0.2) is 5.78 Å². The van der Waals surface area contributed by atoms with Crippen LogP contribution in [0.5, 0.6) is 0 Å². The van der Waals surface area contributed by atoms with E-state index in [1.165, 1.54) is 6.92 Å². The molecule has 0 atom stereocenters. The molecule has 3 heteroatoms. The van der Waals surface area contributed by atoms with Crippen molar-refractivity contribution in [2.24, 2.45) is 0 Å². The van der Waals surface area contributed by atoms with Crippen molar-refractivity contribution in [3.63, 3.8) is 0 Å². The van der Waals surface area contributed by atoms with Gasteiger partial charge < -0.3 is 4.42 Å². The molecule has 0 aliphatic carbocycles. The van der Waals surface area contributed by atoms with Crippen LogP contribution in [-0.2, 0) is 5.41 Å². The summed E-state index contributed by atoms with van der Waals surface area (Å²) in [5, 5.41) is 0.790. The lowest BCUT2D eigenvalue weighted by Gasteiger charge is -2.21. The lowest BCUT2D eigenvalue weighted by molar-refractivity contribution is 0.101. The summed E-state index contributed by atoms with van der Waals surface area (Å²) >= 11 is 0. The van der Waals surface area contributed by atoms with E-state index < -0.39 is 5.63 Å². The van der Waals surface area contributed by atoms with Gasteiger partial charge in [-0.2, -0.15) is 0 Å². The van der Waals surface area contributed by atoms with E-state index in [1.54, 1.807) is 0 Å². The molecule has 2 aromatic carbocycles. The number of hydrogen-bond acceptors (Lipinski definition) is 3. The summed E-state index contributed by atoms with van der Waals surface area (Å²) in [7, 11) is 0. The standard InChI is InChI=1S/C21H20O3/c1-13(22)17-18(14-9-6-5-7-10-14)15-11-8-12-16(21(2,3)4)19(15)24-20(17)23/h5-12H,1-4H3. The third-order valence-electron chi connectivity index (χ3n) is 4.16. The predicted octanol–water partition coefficient (Wildman–Crippen LogP) is 4.96. The van der Waals surface area contributed by atoms with E-state index in [2.05, 4.69) is 20.8 Å². The summed E-state index contributed by atoms with van der Waals surface area (Å²) in [6.45, 7) is 7.62. The van der Waals surface area contributed by atoms with Crippen LogP contribution in [0.25, 0.3) is 22.1 Å². The molecule has 1 aromatic heterocycles. The van der Waals surface area contributed by atoms with E-state index in [0.717, 1.165) is 16.5 Å². The Kier molecular flexibility index (Phi) is 3.88. The van der Waals surface area contributed by atoms with E-state index in [0.29, 0.717) is 11.1 Å². The van der Waals surface area contributed by atoms with Gasteiger partial charge in [0, 0.05) is 16.5 Å². The molecule has 0 radical (unpaired) electrons. The molecule has 3 aromatic rings. The van der Waals surface area contributed by atoms with Crippen molar-refractivity contribution in [2.75, 3.05) is 0 Å². The molecule has 0 saturated heterocycles. The Morgan fingerprint density at radius 1 is 0.958 bits per heavy atom. The molecule has 0 fully saturated rings. The van der Waals surface area contributed by atoms with Crippen LogP contribution in [0.4, 0.5) is 0 Å². The fourth-order valence-electron chi connectivity index (χ4n) is 3.04. The van der Waals surface area contributed by atoms with E-state index in [9.17, 15) is 9.59 Å². The number of carbonyl (C=O) groups is 1. The molecular weight excluding hydrogens is 300 g/mol. The highest BCUT2D eigenvalue weighted by atomic mass is 16.4. The molecule has 0 bridgehead atoms. The fourth-order valence-corrected chi connectivity index (χ4v) is 3.04. The normalized spacial score (nSPS) is 11.7. The van der Waals surface area contributed by atoms with Crippen LogP contribution in [0.3, 0.4) is 0 Å². The topological polar surface area (TPSA) is 47.3 Å². The molecule has 0 amide bonds. The molecule has 0 N–H and O–H groups in total. The van der Waals surface area contributed by atoms with Gasteiger partial charge in [0.05, 0.1) is 0 Å². The Morgan fingerprint density at radius 3 is 2.21 bits per heavy atom. The molecule has 0 spiro atoms. The van der Waals surface area contributed by atoms with Crippen molar-refractivity contribution >= 4 is 16.8 Å². The minimum absolute atomic E-state index is 0.111. The van der Waals surface area contributed by atoms with Crippen LogP contribution < -0.4 is 5.63 Å². The van der Waals surface area contributed by atoms with Gasteiger partial charge in [-0.3, -0.25) is 4.79 Å². The van der Waals surface area contributed by atoms with Crippen LogP contribution in [-0.4, -0.2) is 5.78 Å². The highest BCUT2D eigenvalue weighted by molar-refractivity contribution is 6.08. The number of rotatable bonds is 2. The lowest BCUT2D eigenvalue weighted by Crippen LogP contribution is -2.17. The molecule has 0 aliphatic heterocycles. The van der Waals surface area contributed by atoms with Gasteiger partial charge in [0.25, 0.3) is 0 Å². The van der Waals surface area contributed by atoms with Gasteiger partial charge in [-0.1, -0.05) is 69.3 Å². The van der Waals surface area contributed by atoms with E-state index >= 15 is 0 Å². The Hall–Kier alpha value is -2.68. The molecule has 122 valence electrons. The number of para-hydroxylation sites is 1. The molecule has 24 heavy (non-hydrogen) atoms. The fraction of sp³-hybridized carbons (Fsp3) is 0.238. The number of hydrogen-bond donors (Lipinski definition) is 0. The maximum atomic E-state index is 12.6. The summed E-state index contributed by atoms with van der Waals surface area (Å²) in [5.74, 6) is -0.286. The van der Waals surface area contributed by atoms with Crippen molar-refractivity contribution in [3.05, 3.63) is 70.1 Å². The predicted molar refractivity (Wildman–Crippen MR) is 96.6 cm³/mol. The smallest absolute Gasteiger partial charge is 0.347 e. The Bertz CT molecular complexity index is 974. The van der Waals surface area contributed by atoms with Gasteiger partial charge in [-0.25, -0.2) is 4.79 Å². The maximum Gasteiger partial charge on any atom is 0.347 e. The molecule has 1 heterocycles. The van der Waals surface area contributed by atoms with Crippen molar-refractivity contribution in [2.45, 2.75) is 33.1 Å². The third kappa shape index (κ3) is 2.67. The first-order chi connectivity index (χ1) is 11.3. The van der Waals surface area contributed by atoms with Gasteiger partial charge >= 0.3 is 5.63 Å². The van der Waals surface area contributed by atoms with Crippen LogP contribution in [0.1, 0.15) is 43.6 Å². The second-order valence-corrected chi connectivity index (χ2v) is 6.99. The van der Waals surface area contributed by atoms with Crippen LogP contribution in [0.2, 0.25) is 0 Å². The zero-order valence-electron chi connectivity index (χ0n) is 14.3. The van der Waals surface area contributed by atoms with Gasteiger partial charge in [0.1, 0.15) is 11.1 Å². The average molecular weight is 320 g/mol. The molecule has 0 unspecified atom stereocenters. The van der Waals surface area contributed by atoms with Gasteiger partial charge in [-0.15, -0.1) is 0 Å². The molecule has 3 nitrogen and oxygen atoms in total. The highest BCUT2D eigenvalue weighted by Gasteiger charge is 2.24. The first kappa shape index (κ1) is 16.2. The number of fused-ring (bicyclic) bond motifs is 1. The van der Waals surface area contributed by atoms with Crippen molar-refractivity contribution in [1.29, 1.82) is 0 Å². The number of Topliss-reactive ketones (excluding diaryl/α,β-unsaturated/α-hetero) is 1. The number of benzene rings is 2. The maximum absolute atomic E-state index is 12.6. The third-order valence-corrected chi connectivity index (χ3v) is 4.16. The monoisotopic (exact) mass is 320 g/mol. The minimum Gasteiger partial charge on any atom is -0.422 e. The average Bonchev–Trinajstić information content (AvgIpc) is 2.52. The minimum atomic E-state index is -0.578. The first-order valence-electron chi connectivity index (χ1n) is 7.97. The molecular formula is C21H20O3. The summed E-state index contributed by atoms with van der Waals surface area (Å²) < 4.78 is 5.60. The first-order valence-corrected chi connectivity index (χ1v) is 7.97. The second kappa shape index (κ2) is 5.75. The van der Waals surface area contributed by atoms with Gasteiger partial charge in [0.2, 0.25) is 0 Å². The number of carbonyl (C=O) groups excluding carboxylic acids is 1. The van der Waals surface area contributed by atoms with E-state index in [-0.39, 0.29) is 16.8 Å². The molecule has 0 saturated carbocycles. The SMILES string of the molecule is CC(=O)c1c(-c2ccccc2)c2cccc(C(C)(C)C)c2oc1=O. The summed E-state index contributed by atoms with van der Waals surface area (Å²) in [6, 6.07) is 15.3. The zero-order valence-corrected chi connectivity index (χ0v) is 14.3. The molecule has 3 rings (SSSR count). The second-order valence-electron chi connectivity index (χ2n) is 6.99. The Labute approximate surface area is 140 Å². The quantitative estimate of drug-likeness (QED) is 0.495. The van der Waals surface area contributed by atoms with Crippen LogP contribution >= 0.6 is 0 Å².